The molecule has 72 heavy (non-hydrogen) atoms. The molecule has 0 spiro atoms. The van der Waals surface area contributed by atoms with Gasteiger partial charge in [-0.2, -0.15) is 0 Å². The first kappa shape index (κ1) is 67.0. The zero-order chi connectivity index (χ0) is 52.2. The van der Waals surface area contributed by atoms with Gasteiger partial charge in [0.1, 0.15) is 13.2 Å². The number of unbranched alkanes of at least 4 members (excludes halogenated alkanes) is 12. The monoisotopic (exact) mass is 991 g/mol. The number of allylic oxidation sites excluding steroid dienone is 26. The van der Waals surface area contributed by atoms with Crippen LogP contribution in [0.15, 0.2) is 158 Å². The van der Waals surface area contributed by atoms with Crippen molar-refractivity contribution in [2.24, 2.45) is 0 Å². The molecule has 0 aliphatic carbocycles. The summed E-state index contributed by atoms with van der Waals surface area (Å²) in [7, 11) is 0. The molecule has 0 heterocycles. The van der Waals surface area contributed by atoms with Gasteiger partial charge in [-0.25, -0.2) is 0 Å². The number of hydrogen-bond donors (Lipinski definition) is 0. The summed E-state index contributed by atoms with van der Waals surface area (Å²) in [5.41, 5.74) is 0. The van der Waals surface area contributed by atoms with Gasteiger partial charge in [0, 0.05) is 19.3 Å². The van der Waals surface area contributed by atoms with Crippen molar-refractivity contribution in [1.82, 2.24) is 0 Å². The van der Waals surface area contributed by atoms with E-state index in [1.54, 1.807) is 0 Å². The fourth-order valence-electron chi connectivity index (χ4n) is 7.05. The zero-order valence-corrected chi connectivity index (χ0v) is 45.9. The van der Waals surface area contributed by atoms with Crippen molar-refractivity contribution in [2.75, 3.05) is 13.2 Å². The number of carbonyl (C=O) groups is 3. The van der Waals surface area contributed by atoms with Gasteiger partial charge in [0.2, 0.25) is 0 Å². The van der Waals surface area contributed by atoms with E-state index < -0.39 is 6.10 Å². The van der Waals surface area contributed by atoms with E-state index in [1.165, 1.54) is 12.8 Å². The summed E-state index contributed by atoms with van der Waals surface area (Å²) >= 11 is 0. The van der Waals surface area contributed by atoms with Crippen molar-refractivity contribution in [3.63, 3.8) is 0 Å². The largest absolute Gasteiger partial charge is 0.462 e. The molecule has 0 aromatic carbocycles. The predicted molar refractivity (Wildman–Crippen MR) is 311 cm³/mol. The Balaban J connectivity index is 4.49. The molecule has 0 N–H and O–H groups in total. The summed E-state index contributed by atoms with van der Waals surface area (Å²) < 4.78 is 16.8. The second kappa shape index (κ2) is 58.6. The van der Waals surface area contributed by atoms with E-state index in [-0.39, 0.29) is 44.0 Å². The number of rotatable bonds is 49. The molecule has 0 aliphatic rings. The maximum absolute atomic E-state index is 12.8. The quantitative estimate of drug-likeness (QED) is 0.0262. The molecule has 1 atom stereocenters. The van der Waals surface area contributed by atoms with Gasteiger partial charge in [0.15, 0.2) is 6.10 Å². The lowest BCUT2D eigenvalue weighted by Crippen LogP contribution is -2.30. The van der Waals surface area contributed by atoms with Crippen molar-refractivity contribution in [3.05, 3.63) is 158 Å². The molecule has 402 valence electrons. The lowest BCUT2D eigenvalue weighted by atomic mass is 10.1. The van der Waals surface area contributed by atoms with Gasteiger partial charge in [-0.3, -0.25) is 14.4 Å². The third-order valence-electron chi connectivity index (χ3n) is 11.2. The van der Waals surface area contributed by atoms with Crippen LogP contribution in [0.25, 0.3) is 0 Å². The van der Waals surface area contributed by atoms with Gasteiger partial charge in [0.05, 0.1) is 0 Å². The Bertz CT molecular complexity index is 1660. The normalized spacial score (nSPS) is 13.3. The van der Waals surface area contributed by atoms with Crippen LogP contribution in [0, 0.1) is 0 Å². The minimum absolute atomic E-state index is 0.116. The van der Waals surface area contributed by atoms with Gasteiger partial charge in [-0.05, 0) is 135 Å². The molecule has 0 bridgehead atoms. The standard InChI is InChI=1S/C66H102O6/c1-4-7-10-13-16-19-22-24-26-28-30-32-33-35-36-38-40-42-44-47-50-53-56-59-65(68)71-62-63(61-70-64(67)58-55-52-49-46-21-18-15-12-9-6-3)72-66(69)60-57-54-51-48-45-43-41-39-37-34-31-29-27-25-23-20-17-14-11-8-5-2/h7-8,10-12,15-17,19-20,24-27,30-32,34-36,39-42,47,50,63H,4-6,9,13-14,18,21-23,28-29,33,37-38,43-46,48-49,51-62H2,1-3H3/b10-7-,11-8-,15-12-,19-16-,20-17-,26-24-,27-25-,32-30-,34-31-,36-35-,41-39-,42-40-,50-47-. The smallest absolute Gasteiger partial charge is 0.306 e. The molecule has 0 aromatic rings. The summed E-state index contributed by atoms with van der Waals surface area (Å²) in [6.07, 6.45) is 85.3. The molecule has 6 heteroatoms. The van der Waals surface area contributed by atoms with Crippen LogP contribution in [-0.2, 0) is 28.6 Å². The Hall–Kier alpha value is -4.97. The lowest BCUT2D eigenvalue weighted by molar-refractivity contribution is -0.167. The Morgan fingerprint density at radius 3 is 0.917 bits per heavy atom. The zero-order valence-electron chi connectivity index (χ0n) is 45.9. The van der Waals surface area contributed by atoms with Crippen molar-refractivity contribution < 1.29 is 28.6 Å². The Morgan fingerprint density at radius 2 is 0.556 bits per heavy atom. The molecule has 0 amide bonds. The third kappa shape index (κ3) is 56.0. The highest BCUT2D eigenvalue weighted by Gasteiger charge is 2.19. The van der Waals surface area contributed by atoms with E-state index in [1.807, 2.05) is 0 Å². The minimum atomic E-state index is -0.823. The van der Waals surface area contributed by atoms with Crippen LogP contribution in [0.3, 0.4) is 0 Å². The first-order valence-electron chi connectivity index (χ1n) is 28.5. The molecule has 1 unspecified atom stereocenters. The summed E-state index contributed by atoms with van der Waals surface area (Å²) in [6.45, 7) is 6.25. The number of ether oxygens (including phenoxy) is 3. The first-order chi connectivity index (χ1) is 35.5. The highest BCUT2D eigenvalue weighted by atomic mass is 16.6. The maximum Gasteiger partial charge on any atom is 0.306 e. The Kier molecular flexibility index (Phi) is 54.6. The van der Waals surface area contributed by atoms with Crippen LogP contribution in [0.1, 0.15) is 220 Å². The molecule has 0 rings (SSSR count). The fraction of sp³-hybridized carbons (Fsp3) is 0.561. The topological polar surface area (TPSA) is 78.9 Å². The van der Waals surface area contributed by atoms with Crippen LogP contribution in [0.2, 0.25) is 0 Å². The SMILES string of the molecule is CC/C=C\C/C=C\C/C=C\C/C=C\C/C=C\C/C=C\C/C=C\CCCC(=O)OCC(COC(=O)CCCCCCC/C=C\CCC)OC(=O)CCCCCCC/C=C\C/C=C\C/C=C\C/C=C\C/C=C\CC. The highest BCUT2D eigenvalue weighted by molar-refractivity contribution is 5.71. The second-order valence-corrected chi connectivity index (χ2v) is 18.1. The van der Waals surface area contributed by atoms with E-state index in [4.69, 9.17) is 14.2 Å². The molecule has 0 aliphatic heterocycles. The Labute approximate surface area is 441 Å². The molecule has 0 fully saturated rings. The average Bonchev–Trinajstić information content (AvgIpc) is 3.38. The summed E-state index contributed by atoms with van der Waals surface area (Å²) in [4.78, 5) is 38.1. The van der Waals surface area contributed by atoms with E-state index >= 15 is 0 Å². The van der Waals surface area contributed by atoms with E-state index in [2.05, 4.69) is 179 Å². The van der Waals surface area contributed by atoms with Crippen LogP contribution in [0.4, 0.5) is 0 Å². The van der Waals surface area contributed by atoms with Gasteiger partial charge in [-0.1, -0.05) is 224 Å². The summed E-state index contributed by atoms with van der Waals surface area (Å²) in [5, 5.41) is 0. The van der Waals surface area contributed by atoms with Crippen LogP contribution in [-0.4, -0.2) is 37.2 Å². The first-order valence-corrected chi connectivity index (χ1v) is 28.5. The predicted octanol–water partition coefficient (Wildman–Crippen LogP) is 19.4. The number of esters is 3. The number of hydrogen-bond acceptors (Lipinski definition) is 6. The van der Waals surface area contributed by atoms with E-state index in [9.17, 15) is 14.4 Å². The molecule has 0 saturated carbocycles. The summed E-state index contributed by atoms with van der Waals surface area (Å²) in [5.74, 6) is -1.02. The molecule has 0 aromatic heterocycles. The van der Waals surface area contributed by atoms with Crippen molar-refractivity contribution in [2.45, 2.75) is 226 Å². The molecular formula is C66H102O6. The van der Waals surface area contributed by atoms with E-state index in [0.29, 0.717) is 12.8 Å². The maximum atomic E-state index is 12.8. The lowest BCUT2D eigenvalue weighted by Gasteiger charge is -2.18. The Morgan fingerprint density at radius 1 is 0.292 bits per heavy atom. The van der Waals surface area contributed by atoms with Crippen LogP contribution < -0.4 is 0 Å². The van der Waals surface area contributed by atoms with E-state index in [0.717, 1.165) is 161 Å². The van der Waals surface area contributed by atoms with Crippen molar-refractivity contribution in [3.8, 4) is 0 Å². The number of carbonyl (C=O) groups excluding carboxylic acids is 3. The second-order valence-electron chi connectivity index (χ2n) is 18.1. The molecular weight excluding hydrogens is 889 g/mol. The van der Waals surface area contributed by atoms with Crippen LogP contribution in [0.5, 0.6) is 0 Å². The van der Waals surface area contributed by atoms with Crippen molar-refractivity contribution >= 4 is 17.9 Å². The summed E-state index contributed by atoms with van der Waals surface area (Å²) in [6, 6.07) is 0. The van der Waals surface area contributed by atoms with Gasteiger partial charge in [-0.15, -0.1) is 0 Å². The van der Waals surface area contributed by atoms with Gasteiger partial charge in [0.25, 0.3) is 0 Å². The molecule has 0 radical (unpaired) electrons. The highest BCUT2D eigenvalue weighted by Crippen LogP contribution is 2.12. The van der Waals surface area contributed by atoms with Crippen molar-refractivity contribution in [1.29, 1.82) is 0 Å². The van der Waals surface area contributed by atoms with Gasteiger partial charge < -0.3 is 14.2 Å². The average molecular weight is 992 g/mol. The van der Waals surface area contributed by atoms with Gasteiger partial charge >= 0.3 is 17.9 Å². The third-order valence-corrected chi connectivity index (χ3v) is 11.2. The minimum Gasteiger partial charge on any atom is -0.462 e. The molecule has 6 nitrogen and oxygen atoms in total. The molecule has 0 saturated heterocycles. The fourth-order valence-corrected chi connectivity index (χ4v) is 7.05. The van der Waals surface area contributed by atoms with Crippen LogP contribution >= 0.6 is 0 Å².